The second kappa shape index (κ2) is 6.21. The number of carbonyl (C=O) groups excluding carboxylic acids is 1. The zero-order valence-corrected chi connectivity index (χ0v) is 22.8. The quantitative estimate of drug-likeness (QED) is 0.553. The molecule has 0 aromatic rings. The normalized spacial score (nSPS) is 61.9. The van der Waals surface area contributed by atoms with Gasteiger partial charge in [-0.1, -0.05) is 34.6 Å². The van der Waals surface area contributed by atoms with Crippen LogP contribution in [0.3, 0.4) is 0 Å². The molecule has 196 valence electrons. The molecule has 12 atom stereocenters. The first-order chi connectivity index (χ1) is 16.1. The van der Waals surface area contributed by atoms with Gasteiger partial charge in [-0.05, 0) is 92.8 Å². The molecule has 2 aliphatic heterocycles. The highest BCUT2D eigenvalue weighted by Gasteiger charge is 2.88. The van der Waals surface area contributed by atoms with Crippen LogP contribution in [0.15, 0.2) is 0 Å². The molecule has 5 nitrogen and oxygen atoms in total. The molecule has 7 fully saturated rings. The number of hydrogen-bond acceptors (Lipinski definition) is 5. The van der Waals surface area contributed by atoms with Crippen LogP contribution in [0.5, 0.6) is 0 Å². The van der Waals surface area contributed by atoms with Gasteiger partial charge in [-0.15, -0.1) is 0 Å². The van der Waals surface area contributed by atoms with Crippen LogP contribution >= 0.6 is 0 Å². The van der Waals surface area contributed by atoms with Gasteiger partial charge < -0.3 is 19.7 Å². The van der Waals surface area contributed by atoms with Crippen LogP contribution in [0.1, 0.15) is 99.8 Å². The van der Waals surface area contributed by atoms with Gasteiger partial charge >= 0.3 is 0 Å². The van der Waals surface area contributed by atoms with E-state index in [1.807, 2.05) is 13.8 Å². The first kappa shape index (κ1) is 23.6. The van der Waals surface area contributed by atoms with E-state index < -0.39 is 23.6 Å². The predicted octanol–water partition coefficient (Wildman–Crippen LogP) is 4.87. The number of carbonyl (C=O) groups is 1. The standard InChI is InChI=1S/C30H46O5/c1-16-14-17-22(25(4,5)33)35-30(34-17)21(16)26(6)12-13-29-15-28(29)11-10-20(31)24(2,3)18(28)8-9-19(29)27(26,7)23(30)32/h16-19,21-23,32-33H,8-15H2,1-7H3/t16-,17?,18+,19+,21-,22-,23-,26-,27-,28-,29+,30+/m1/s1. The minimum atomic E-state index is -1.03. The monoisotopic (exact) mass is 486 g/mol. The Morgan fingerprint density at radius 2 is 1.63 bits per heavy atom. The third-order valence-electron chi connectivity index (χ3n) is 13.9. The molecule has 2 N–H and O–H groups in total. The highest BCUT2D eigenvalue weighted by molar-refractivity contribution is 5.86. The van der Waals surface area contributed by atoms with Crippen LogP contribution in [0, 0.1) is 50.7 Å². The number of ether oxygens (including phenoxy) is 2. The fourth-order valence-corrected chi connectivity index (χ4v) is 12.5. The molecule has 2 saturated heterocycles. The third kappa shape index (κ3) is 2.25. The van der Waals surface area contributed by atoms with Crippen molar-refractivity contribution >= 4 is 5.78 Å². The fraction of sp³-hybridized carbons (Fsp3) is 0.967. The summed E-state index contributed by atoms with van der Waals surface area (Å²) in [5.74, 6) is 0.809. The molecule has 1 unspecified atom stereocenters. The maximum absolute atomic E-state index is 12.9. The lowest BCUT2D eigenvalue weighted by atomic mass is 9.41. The van der Waals surface area contributed by atoms with E-state index in [2.05, 4.69) is 34.6 Å². The highest BCUT2D eigenvalue weighted by Crippen LogP contribution is 2.90. The number of aliphatic hydroxyl groups is 2. The summed E-state index contributed by atoms with van der Waals surface area (Å²) in [6, 6.07) is 0. The van der Waals surface area contributed by atoms with Crippen molar-refractivity contribution in [1.29, 1.82) is 0 Å². The zero-order chi connectivity index (χ0) is 25.2. The Kier molecular flexibility index (Phi) is 4.19. The number of ketones is 1. The number of fused-ring (bicyclic) bond motifs is 4. The van der Waals surface area contributed by atoms with E-state index >= 15 is 0 Å². The molecule has 3 spiro atoms. The van der Waals surface area contributed by atoms with Crippen LogP contribution in [0.2, 0.25) is 0 Å². The second-order valence-corrected chi connectivity index (χ2v) is 15.7. The van der Waals surface area contributed by atoms with Gasteiger partial charge in [0, 0.05) is 23.2 Å². The van der Waals surface area contributed by atoms with Crippen LogP contribution in [-0.2, 0) is 14.3 Å². The van der Waals surface area contributed by atoms with E-state index in [4.69, 9.17) is 9.47 Å². The van der Waals surface area contributed by atoms with Gasteiger partial charge in [0.25, 0.3) is 0 Å². The minimum Gasteiger partial charge on any atom is -0.388 e. The van der Waals surface area contributed by atoms with E-state index in [1.165, 1.54) is 12.8 Å². The van der Waals surface area contributed by atoms with E-state index in [0.29, 0.717) is 23.5 Å². The lowest BCUT2D eigenvalue weighted by Gasteiger charge is -2.62. The summed E-state index contributed by atoms with van der Waals surface area (Å²) in [5, 5.41) is 23.4. The molecule has 5 aliphatic carbocycles. The zero-order valence-electron chi connectivity index (χ0n) is 22.8. The molecule has 7 aliphatic rings. The van der Waals surface area contributed by atoms with E-state index in [-0.39, 0.29) is 39.1 Å². The summed E-state index contributed by atoms with van der Waals surface area (Å²) >= 11 is 0. The number of aliphatic hydroxyl groups excluding tert-OH is 1. The molecule has 2 heterocycles. The average Bonchev–Trinajstić information content (AvgIpc) is 3.28. The summed E-state index contributed by atoms with van der Waals surface area (Å²) in [4.78, 5) is 12.9. The number of hydrogen-bond donors (Lipinski definition) is 2. The fourth-order valence-electron chi connectivity index (χ4n) is 12.5. The number of rotatable bonds is 1. The molecule has 35 heavy (non-hydrogen) atoms. The molecule has 0 radical (unpaired) electrons. The third-order valence-corrected chi connectivity index (χ3v) is 13.9. The van der Waals surface area contributed by atoms with Gasteiger partial charge in [0.15, 0.2) is 5.79 Å². The average molecular weight is 487 g/mol. The Labute approximate surface area is 210 Å². The topological polar surface area (TPSA) is 76.0 Å². The summed E-state index contributed by atoms with van der Waals surface area (Å²) in [5.41, 5.74) is -1.13. The molecule has 5 saturated carbocycles. The Hall–Kier alpha value is -0.490. The summed E-state index contributed by atoms with van der Waals surface area (Å²) in [6.07, 6.45) is 7.03. The maximum atomic E-state index is 12.9. The van der Waals surface area contributed by atoms with E-state index in [9.17, 15) is 15.0 Å². The van der Waals surface area contributed by atoms with Crippen LogP contribution in [0.4, 0.5) is 0 Å². The van der Waals surface area contributed by atoms with Gasteiger partial charge in [0.1, 0.15) is 18.0 Å². The molecule has 0 aromatic heterocycles. The van der Waals surface area contributed by atoms with Crippen molar-refractivity contribution in [2.24, 2.45) is 50.7 Å². The van der Waals surface area contributed by atoms with Crippen molar-refractivity contribution < 1.29 is 24.5 Å². The van der Waals surface area contributed by atoms with Crippen molar-refractivity contribution in [3.8, 4) is 0 Å². The number of Topliss-reactive ketones (excluding diaryl/α,β-unsaturated/α-hetero) is 1. The summed E-state index contributed by atoms with van der Waals surface area (Å²) in [7, 11) is 0. The molecular formula is C30H46O5. The van der Waals surface area contributed by atoms with Crippen molar-refractivity contribution in [2.45, 2.75) is 130 Å². The van der Waals surface area contributed by atoms with Crippen LogP contribution in [-0.4, -0.2) is 45.7 Å². The van der Waals surface area contributed by atoms with Gasteiger partial charge in [0.2, 0.25) is 0 Å². The van der Waals surface area contributed by atoms with Gasteiger partial charge in [0.05, 0.1) is 11.7 Å². The predicted molar refractivity (Wildman–Crippen MR) is 131 cm³/mol. The highest BCUT2D eigenvalue weighted by atomic mass is 16.8. The van der Waals surface area contributed by atoms with Crippen LogP contribution < -0.4 is 0 Å². The lowest BCUT2D eigenvalue weighted by molar-refractivity contribution is -0.282. The first-order valence-electron chi connectivity index (χ1n) is 14.4. The van der Waals surface area contributed by atoms with Gasteiger partial charge in [-0.25, -0.2) is 0 Å². The van der Waals surface area contributed by atoms with Gasteiger partial charge in [-0.3, -0.25) is 4.79 Å². The summed E-state index contributed by atoms with van der Waals surface area (Å²) in [6.45, 7) is 15.2. The van der Waals surface area contributed by atoms with Crippen LogP contribution in [0.25, 0.3) is 0 Å². The molecule has 7 rings (SSSR count). The maximum Gasteiger partial charge on any atom is 0.199 e. The Balaban J connectivity index is 1.33. The Bertz CT molecular complexity index is 999. The molecular weight excluding hydrogens is 440 g/mol. The lowest BCUT2D eigenvalue weighted by Crippen LogP contribution is -2.59. The minimum absolute atomic E-state index is 0.0855. The van der Waals surface area contributed by atoms with Gasteiger partial charge in [-0.2, -0.15) is 0 Å². The molecule has 2 bridgehead atoms. The Morgan fingerprint density at radius 3 is 2.31 bits per heavy atom. The van der Waals surface area contributed by atoms with E-state index in [1.54, 1.807) is 0 Å². The first-order valence-corrected chi connectivity index (χ1v) is 14.4. The molecule has 0 aromatic carbocycles. The van der Waals surface area contributed by atoms with Crippen molar-refractivity contribution in [1.82, 2.24) is 0 Å². The summed E-state index contributed by atoms with van der Waals surface area (Å²) < 4.78 is 13.5. The second-order valence-electron chi connectivity index (χ2n) is 15.7. The van der Waals surface area contributed by atoms with Crippen molar-refractivity contribution in [3.63, 3.8) is 0 Å². The smallest absolute Gasteiger partial charge is 0.199 e. The molecule has 0 amide bonds. The van der Waals surface area contributed by atoms with Crippen molar-refractivity contribution in [3.05, 3.63) is 0 Å². The van der Waals surface area contributed by atoms with Crippen molar-refractivity contribution in [2.75, 3.05) is 0 Å². The SMILES string of the molecule is C[C@@H]1CC2O[C@@]3(O[C@H]2C(C)(C)O)[C@H](O)[C@@]2(C)[C@@H]4CC[C@H]5C(C)(C)C(=O)CC[C@@]56C[C@@]46CC[C@]2(C)[C@@H]13. The largest absolute Gasteiger partial charge is 0.388 e. The van der Waals surface area contributed by atoms with E-state index in [0.717, 1.165) is 38.5 Å². The Morgan fingerprint density at radius 1 is 0.971 bits per heavy atom. The molecule has 5 heteroatoms.